The Morgan fingerprint density at radius 1 is 1.22 bits per heavy atom. The molecule has 0 saturated carbocycles. The van der Waals surface area contributed by atoms with E-state index in [0.29, 0.717) is 12.1 Å². The molecule has 1 aromatic rings. The number of hydrogen-bond acceptors (Lipinski definition) is 5. The second-order valence-corrected chi connectivity index (χ2v) is 9.35. The lowest BCUT2D eigenvalue weighted by atomic mass is 9.95. The summed E-state index contributed by atoms with van der Waals surface area (Å²) in [5.41, 5.74) is -0.262. The average molecular weight is 396 g/mol. The van der Waals surface area contributed by atoms with Crippen molar-refractivity contribution in [2.75, 3.05) is 29.7 Å². The Kier molecular flexibility index (Phi) is 6.32. The van der Waals surface area contributed by atoms with Crippen molar-refractivity contribution < 1.29 is 18.0 Å². The van der Waals surface area contributed by atoms with E-state index in [2.05, 4.69) is 31.0 Å². The molecule has 1 heterocycles. The number of nitrogens with zero attached hydrogens (tertiary/aromatic N) is 2. The second kappa shape index (κ2) is 7.98. The zero-order valence-corrected chi connectivity index (χ0v) is 17.5. The second-order valence-electron chi connectivity index (χ2n) is 7.54. The van der Waals surface area contributed by atoms with Crippen molar-refractivity contribution in [3.05, 3.63) is 29.8 Å². The van der Waals surface area contributed by atoms with E-state index in [9.17, 15) is 18.0 Å². The highest BCUT2D eigenvalue weighted by atomic mass is 32.2. The van der Waals surface area contributed by atoms with Crippen molar-refractivity contribution in [1.82, 2.24) is 10.2 Å². The van der Waals surface area contributed by atoms with E-state index in [-0.39, 0.29) is 23.4 Å². The van der Waals surface area contributed by atoms with Crippen molar-refractivity contribution in [3.8, 4) is 0 Å². The summed E-state index contributed by atoms with van der Waals surface area (Å²) in [5.74, 6) is -0.895. The van der Waals surface area contributed by atoms with Gasteiger partial charge in [-0.15, -0.1) is 0 Å². The maximum atomic E-state index is 12.4. The van der Waals surface area contributed by atoms with E-state index >= 15 is 0 Å². The van der Waals surface area contributed by atoms with Gasteiger partial charge in [0, 0.05) is 18.2 Å². The van der Waals surface area contributed by atoms with Crippen molar-refractivity contribution in [1.29, 1.82) is 0 Å². The summed E-state index contributed by atoms with van der Waals surface area (Å²) in [4.78, 5) is 27.0. The summed E-state index contributed by atoms with van der Waals surface area (Å²) in [5, 5.41) is 2.90. The zero-order valence-electron chi connectivity index (χ0n) is 16.7. The van der Waals surface area contributed by atoms with Crippen LogP contribution in [0.1, 0.15) is 45.0 Å². The molecule has 1 aliphatic heterocycles. The topological polar surface area (TPSA) is 86.8 Å². The molecule has 0 bridgehead atoms. The van der Waals surface area contributed by atoms with Gasteiger partial charge in [0.1, 0.15) is 0 Å². The molecule has 1 saturated heterocycles. The summed E-state index contributed by atoms with van der Waals surface area (Å²) in [6.45, 7) is 11.8. The molecular weight excluding hydrogens is 366 g/mol. The molecule has 1 fully saturated rings. The first-order valence-electron chi connectivity index (χ1n) is 9.23. The predicted octanol–water partition coefficient (Wildman–Crippen LogP) is 1.85. The van der Waals surface area contributed by atoms with Gasteiger partial charge >= 0.3 is 0 Å². The number of amides is 2. The fraction of sp³-hybridized carbons (Fsp3) is 0.579. The number of carbonyl (C=O) groups is 2. The minimum atomic E-state index is -3.69. The Hall–Kier alpha value is -1.93. The lowest BCUT2D eigenvalue weighted by Crippen LogP contribution is -2.42. The first-order chi connectivity index (χ1) is 12.5. The fourth-order valence-corrected chi connectivity index (χ4v) is 5.44. The normalized spacial score (nSPS) is 19.3. The standard InChI is InChI=1S/C19H29N3O4S/c1-6-21(7-2)14(3)12-20-17(23)15-8-10-16(11-9-15)22-18(24)19(4,5)13-27(22,25)26/h8-11,14H,6-7,12-13H2,1-5H3,(H,20,23). The number of sulfonamides is 1. The molecule has 1 atom stereocenters. The van der Waals surface area contributed by atoms with E-state index < -0.39 is 21.3 Å². The molecule has 0 aromatic heterocycles. The Labute approximate surface area is 161 Å². The highest BCUT2D eigenvalue weighted by Gasteiger charge is 2.49. The molecule has 0 aliphatic carbocycles. The van der Waals surface area contributed by atoms with Gasteiger partial charge in [-0.2, -0.15) is 0 Å². The summed E-state index contributed by atoms with van der Waals surface area (Å²) in [6.07, 6.45) is 0. The Morgan fingerprint density at radius 3 is 2.22 bits per heavy atom. The van der Waals surface area contributed by atoms with E-state index in [4.69, 9.17) is 0 Å². The summed E-state index contributed by atoms with van der Waals surface area (Å²) in [6, 6.07) is 6.30. The minimum absolute atomic E-state index is 0.218. The molecule has 2 rings (SSSR count). The third kappa shape index (κ3) is 4.50. The van der Waals surface area contributed by atoms with Gasteiger partial charge in [-0.1, -0.05) is 13.8 Å². The van der Waals surface area contributed by atoms with E-state index in [1.54, 1.807) is 26.0 Å². The van der Waals surface area contributed by atoms with Crippen LogP contribution >= 0.6 is 0 Å². The Bertz CT molecular complexity index is 799. The quantitative estimate of drug-likeness (QED) is 0.761. The van der Waals surface area contributed by atoms with Crippen molar-refractivity contribution in [2.24, 2.45) is 5.41 Å². The molecule has 2 amide bonds. The van der Waals surface area contributed by atoms with Gasteiger partial charge in [-0.05, 0) is 58.1 Å². The van der Waals surface area contributed by atoms with E-state index in [1.165, 1.54) is 12.1 Å². The lowest BCUT2D eigenvalue weighted by molar-refractivity contribution is -0.123. The van der Waals surface area contributed by atoms with Crippen LogP contribution in [0.25, 0.3) is 0 Å². The largest absolute Gasteiger partial charge is 0.350 e. The molecule has 27 heavy (non-hydrogen) atoms. The Morgan fingerprint density at radius 2 is 1.78 bits per heavy atom. The minimum Gasteiger partial charge on any atom is -0.350 e. The maximum absolute atomic E-state index is 12.4. The number of carbonyl (C=O) groups excluding carboxylic acids is 2. The van der Waals surface area contributed by atoms with E-state index in [0.717, 1.165) is 17.4 Å². The van der Waals surface area contributed by atoms with Crippen molar-refractivity contribution in [3.63, 3.8) is 0 Å². The fourth-order valence-electron chi connectivity index (χ4n) is 3.33. The number of benzene rings is 1. The first kappa shape index (κ1) is 21.4. The Balaban J connectivity index is 2.09. The van der Waals surface area contributed by atoms with Crippen molar-refractivity contribution >= 4 is 27.5 Å². The van der Waals surface area contributed by atoms with Gasteiger partial charge in [-0.25, -0.2) is 12.7 Å². The zero-order chi connectivity index (χ0) is 20.4. The number of hydrogen-bond donors (Lipinski definition) is 1. The third-order valence-corrected chi connectivity index (χ3v) is 6.96. The monoisotopic (exact) mass is 395 g/mol. The van der Waals surface area contributed by atoms with Crippen LogP contribution in [0.3, 0.4) is 0 Å². The maximum Gasteiger partial charge on any atom is 0.251 e. The van der Waals surface area contributed by atoms with Gasteiger partial charge in [-0.3, -0.25) is 14.5 Å². The van der Waals surface area contributed by atoms with Gasteiger partial charge in [0.2, 0.25) is 15.9 Å². The predicted molar refractivity (Wildman–Crippen MR) is 106 cm³/mol. The average Bonchev–Trinajstić information content (AvgIpc) is 2.76. The van der Waals surface area contributed by atoms with E-state index in [1.807, 2.05) is 0 Å². The van der Waals surface area contributed by atoms with Crippen LogP contribution in [0.4, 0.5) is 5.69 Å². The van der Waals surface area contributed by atoms with Crippen LogP contribution in [0, 0.1) is 5.41 Å². The molecule has 1 unspecified atom stereocenters. The van der Waals surface area contributed by atoms with Crippen LogP contribution < -0.4 is 9.62 Å². The number of likely N-dealkylation sites (N-methyl/N-ethyl adjacent to an activating group) is 1. The lowest BCUT2D eigenvalue weighted by Gasteiger charge is -2.26. The molecule has 0 spiro atoms. The first-order valence-corrected chi connectivity index (χ1v) is 10.8. The van der Waals surface area contributed by atoms with Crippen LogP contribution in [-0.2, 0) is 14.8 Å². The van der Waals surface area contributed by atoms with Crippen LogP contribution in [0.2, 0.25) is 0 Å². The molecule has 8 heteroatoms. The van der Waals surface area contributed by atoms with Gasteiger partial charge < -0.3 is 5.32 Å². The number of nitrogens with one attached hydrogen (secondary N) is 1. The number of rotatable bonds is 7. The molecule has 1 N–H and O–H groups in total. The molecule has 150 valence electrons. The van der Waals surface area contributed by atoms with Gasteiger partial charge in [0.05, 0.1) is 16.9 Å². The molecule has 1 aliphatic rings. The van der Waals surface area contributed by atoms with Gasteiger partial charge in [0.15, 0.2) is 0 Å². The smallest absolute Gasteiger partial charge is 0.251 e. The SMILES string of the molecule is CCN(CC)C(C)CNC(=O)c1ccc(N2C(=O)C(C)(C)CS2(=O)=O)cc1. The van der Waals surface area contributed by atoms with Gasteiger partial charge in [0.25, 0.3) is 5.91 Å². The summed E-state index contributed by atoms with van der Waals surface area (Å²) in [7, 11) is -3.69. The molecule has 1 aromatic carbocycles. The molecular formula is C19H29N3O4S. The van der Waals surface area contributed by atoms with Crippen LogP contribution in [0.5, 0.6) is 0 Å². The van der Waals surface area contributed by atoms with Crippen LogP contribution in [-0.4, -0.2) is 56.6 Å². The molecule has 0 radical (unpaired) electrons. The molecule has 7 nitrogen and oxygen atoms in total. The number of anilines is 1. The highest BCUT2D eigenvalue weighted by Crippen LogP contribution is 2.35. The summed E-state index contributed by atoms with van der Waals surface area (Å²) >= 11 is 0. The summed E-state index contributed by atoms with van der Waals surface area (Å²) < 4.78 is 25.5. The van der Waals surface area contributed by atoms with Crippen LogP contribution in [0.15, 0.2) is 24.3 Å². The highest BCUT2D eigenvalue weighted by molar-refractivity contribution is 7.94. The van der Waals surface area contributed by atoms with Crippen molar-refractivity contribution in [2.45, 2.75) is 40.7 Å². The third-order valence-electron chi connectivity index (χ3n) is 4.94.